The first-order valence-corrected chi connectivity index (χ1v) is 6.96. The lowest BCUT2D eigenvalue weighted by atomic mass is 10.1. The van der Waals surface area contributed by atoms with Gasteiger partial charge in [-0.25, -0.2) is 9.38 Å². The first kappa shape index (κ1) is 17.2. The number of methoxy groups -OCH3 is 1. The molecule has 0 aliphatic heterocycles. The molecule has 1 atom stereocenters. The monoisotopic (exact) mass is 329 g/mol. The van der Waals surface area contributed by atoms with E-state index < -0.39 is 12.0 Å². The van der Waals surface area contributed by atoms with Crippen molar-refractivity contribution in [3.8, 4) is 6.07 Å². The molecule has 1 heterocycles. The third-order valence-corrected chi connectivity index (χ3v) is 3.16. The zero-order valence-electron chi connectivity index (χ0n) is 12.9. The van der Waals surface area contributed by atoms with Crippen LogP contribution < -0.4 is 11.1 Å². The average molecular weight is 329 g/mol. The number of nitriles is 1. The van der Waals surface area contributed by atoms with E-state index in [1.54, 1.807) is 6.07 Å². The SMILES string of the molecule is COC(N)=NCc1cc(NC(O)c2ccc(C#N)cn2)ccc1F. The molecule has 24 heavy (non-hydrogen) atoms. The maximum atomic E-state index is 13.8. The van der Waals surface area contributed by atoms with Crippen molar-refractivity contribution < 1.29 is 14.2 Å². The largest absolute Gasteiger partial charge is 0.469 e. The second-order valence-electron chi connectivity index (χ2n) is 4.80. The van der Waals surface area contributed by atoms with Crippen LogP contribution in [0.5, 0.6) is 0 Å². The summed E-state index contributed by atoms with van der Waals surface area (Å²) >= 11 is 0. The molecule has 0 fully saturated rings. The number of nitrogens with zero attached hydrogens (tertiary/aromatic N) is 3. The molecule has 0 spiro atoms. The van der Waals surface area contributed by atoms with Gasteiger partial charge in [-0.15, -0.1) is 0 Å². The number of aromatic nitrogens is 1. The number of nitrogens with one attached hydrogen (secondary N) is 1. The van der Waals surface area contributed by atoms with Crippen molar-refractivity contribution in [2.45, 2.75) is 12.8 Å². The van der Waals surface area contributed by atoms with Gasteiger partial charge in [-0.1, -0.05) is 0 Å². The number of amidine groups is 1. The zero-order valence-corrected chi connectivity index (χ0v) is 12.9. The Labute approximate surface area is 138 Å². The van der Waals surface area contributed by atoms with Crippen LogP contribution in [-0.2, 0) is 11.3 Å². The van der Waals surface area contributed by atoms with E-state index in [9.17, 15) is 9.50 Å². The third kappa shape index (κ3) is 4.41. The van der Waals surface area contributed by atoms with Gasteiger partial charge in [-0.05, 0) is 30.3 Å². The van der Waals surface area contributed by atoms with Crippen LogP contribution in [0.25, 0.3) is 0 Å². The molecule has 1 aromatic heterocycles. The Kier molecular flexibility index (Phi) is 5.65. The molecule has 1 unspecified atom stereocenters. The lowest BCUT2D eigenvalue weighted by Gasteiger charge is -2.14. The minimum atomic E-state index is -1.11. The summed E-state index contributed by atoms with van der Waals surface area (Å²) in [5.74, 6) is -0.445. The van der Waals surface area contributed by atoms with E-state index in [1.807, 2.05) is 6.07 Å². The standard InChI is InChI=1S/C16H16FN5O2/c1-24-16(19)21-9-11-6-12(3-4-13(11)17)22-15(23)14-5-2-10(7-18)8-20-14/h2-6,8,15,22-23H,9H2,1H3,(H2,19,21). The molecule has 4 N–H and O–H groups in total. The summed E-state index contributed by atoms with van der Waals surface area (Å²) in [7, 11) is 1.37. The predicted octanol–water partition coefficient (Wildman–Crippen LogP) is 1.66. The molecule has 2 rings (SSSR count). The number of hydrogen-bond acceptors (Lipinski definition) is 6. The molecular weight excluding hydrogens is 313 g/mol. The smallest absolute Gasteiger partial charge is 0.281 e. The van der Waals surface area contributed by atoms with Gasteiger partial charge in [0.1, 0.15) is 11.9 Å². The predicted molar refractivity (Wildman–Crippen MR) is 86.3 cm³/mol. The summed E-state index contributed by atoms with van der Waals surface area (Å²) < 4.78 is 18.5. The lowest BCUT2D eigenvalue weighted by Crippen LogP contribution is -2.14. The molecule has 8 heteroatoms. The summed E-state index contributed by atoms with van der Waals surface area (Å²) in [4.78, 5) is 7.86. The highest BCUT2D eigenvalue weighted by Crippen LogP contribution is 2.20. The number of benzene rings is 1. The van der Waals surface area contributed by atoms with Crippen LogP contribution in [-0.4, -0.2) is 23.2 Å². The van der Waals surface area contributed by atoms with Crippen molar-refractivity contribution in [2.24, 2.45) is 10.7 Å². The van der Waals surface area contributed by atoms with E-state index in [1.165, 1.54) is 37.6 Å². The minimum Gasteiger partial charge on any atom is -0.469 e. The summed E-state index contributed by atoms with van der Waals surface area (Å²) in [5.41, 5.74) is 6.91. The summed E-state index contributed by atoms with van der Waals surface area (Å²) in [6.07, 6.45) is 0.252. The number of ether oxygens (including phenoxy) is 1. The Morgan fingerprint density at radius 2 is 2.29 bits per heavy atom. The highest BCUT2D eigenvalue weighted by atomic mass is 19.1. The van der Waals surface area contributed by atoms with Crippen molar-refractivity contribution in [3.63, 3.8) is 0 Å². The summed E-state index contributed by atoms with van der Waals surface area (Å²) in [5, 5.41) is 21.7. The molecule has 0 bridgehead atoms. The van der Waals surface area contributed by atoms with Crippen LogP contribution in [0.4, 0.5) is 10.1 Å². The lowest BCUT2D eigenvalue weighted by molar-refractivity contribution is 0.203. The van der Waals surface area contributed by atoms with Crippen molar-refractivity contribution in [3.05, 3.63) is 59.2 Å². The summed E-state index contributed by atoms with van der Waals surface area (Å²) in [6.45, 7) is 0.00619. The van der Waals surface area contributed by atoms with E-state index in [-0.39, 0.29) is 12.6 Å². The van der Waals surface area contributed by atoms with E-state index in [0.717, 1.165) is 0 Å². The molecule has 2 aromatic rings. The average Bonchev–Trinajstić information content (AvgIpc) is 2.61. The Balaban J connectivity index is 2.12. The quantitative estimate of drug-likeness (QED) is 0.436. The van der Waals surface area contributed by atoms with E-state index in [4.69, 9.17) is 15.7 Å². The molecule has 1 aromatic carbocycles. The minimum absolute atomic E-state index is 0.00619. The first-order valence-electron chi connectivity index (χ1n) is 6.96. The van der Waals surface area contributed by atoms with Crippen molar-refractivity contribution >= 4 is 11.7 Å². The fourth-order valence-corrected chi connectivity index (χ4v) is 1.88. The third-order valence-electron chi connectivity index (χ3n) is 3.16. The Hall–Kier alpha value is -3.18. The van der Waals surface area contributed by atoms with Crippen molar-refractivity contribution in [1.82, 2.24) is 4.98 Å². The van der Waals surface area contributed by atoms with Gasteiger partial charge < -0.3 is 20.9 Å². The van der Waals surface area contributed by atoms with Crippen LogP contribution >= 0.6 is 0 Å². The van der Waals surface area contributed by atoms with Crippen molar-refractivity contribution in [1.29, 1.82) is 5.26 Å². The fourth-order valence-electron chi connectivity index (χ4n) is 1.88. The van der Waals surface area contributed by atoms with Gasteiger partial charge in [-0.2, -0.15) is 5.26 Å². The molecule has 0 amide bonds. The zero-order chi connectivity index (χ0) is 17.5. The second-order valence-corrected chi connectivity index (χ2v) is 4.80. The molecule has 124 valence electrons. The van der Waals surface area contributed by atoms with Gasteiger partial charge >= 0.3 is 0 Å². The number of aliphatic hydroxyl groups excluding tert-OH is 1. The van der Waals surface area contributed by atoms with Crippen LogP contribution in [0, 0.1) is 17.1 Å². The van der Waals surface area contributed by atoms with Crippen molar-refractivity contribution in [2.75, 3.05) is 12.4 Å². The molecule has 0 radical (unpaired) electrons. The Morgan fingerprint density at radius 1 is 1.50 bits per heavy atom. The van der Waals surface area contributed by atoms with Gasteiger partial charge in [0.15, 0.2) is 6.23 Å². The van der Waals surface area contributed by atoms with Crippen LogP contribution in [0.1, 0.15) is 23.0 Å². The Morgan fingerprint density at radius 3 is 2.92 bits per heavy atom. The number of hydrogen-bond donors (Lipinski definition) is 3. The molecular formula is C16H16FN5O2. The topological polar surface area (TPSA) is 117 Å². The van der Waals surface area contributed by atoms with E-state index >= 15 is 0 Å². The van der Waals surface area contributed by atoms with Gasteiger partial charge in [0, 0.05) is 17.4 Å². The highest BCUT2D eigenvalue weighted by molar-refractivity contribution is 5.71. The van der Waals surface area contributed by atoms with Crippen LogP contribution in [0.2, 0.25) is 0 Å². The number of anilines is 1. The molecule has 0 saturated carbocycles. The number of rotatable bonds is 5. The number of halogens is 1. The number of aliphatic imine (C=N–C) groups is 1. The van der Waals surface area contributed by atoms with Gasteiger partial charge in [0.2, 0.25) is 0 Å². The van der Waals surface area contributed by atoms with Crippen LogP contribution in [0.3, 0.4) is 0 Å². The molecule has 7 nitrogen and oxygen atoms in total. The van der Waals surface area contributed by atoms with E-state index in [0.29, 0.717) is 22.5 Å². The van der Waals surface area contributed by atoms with E-state index in [2.05, 4.69) is 15.3 Å². The summed E-state index contributed by atoms with van der Waals surface area (Å²) in [6, 6.07) is 9.23. The normalized spacial score (nSPS) is 12.3. The molecule has 0 aliphatic carbocycles. The molecule has 0 aliphatic rings. The maximum absolute atomic E-state index is 13.8. The fraction of sp³-hybridized carbons (Fsp3) is 0.188. The first-order chi connectivity index (χ1) is 11.5. The molecule has 0 saturated heterocycles. The van der Waals surface area contributed by atoms with Crippen LogP contribution in [0.15, 0.2) is 41.5 Å². The number of nitrogens with two attached hydrogens (primary N) is 1. The van der Waals surface area contributed by atoms with Gasteiger partial charge in [0.05, 0.1) is 24.9 Å². The Bertz CT molecular complexity index is 771. The maximum Gasteiger partial charge on any atom is 0.281 e. The highest BCUT2D eigenvalue weighted by Gasteiger charge is 2.10. The number of aliphatic hydroxyl groups is 1. The van der Waals surface area contributed by atoms with Gasteiger partial charge in [-0.3, -0.25) is 4.98 Å². The second kappa shape index (κ2) is 7.89. The number of pyridine rings is 1. The van der Waals surface area contributed by atoms with Gasteiger partial charge in [0.25, 0.3) is 6.02 Å².